The van der Waals surface area contributed by atoms with E-state index in [0.717, 1.165) is 18.4 Å². The van der Waals surface area contributed by atoms with Gasteiger partial charge in [0.2, 0.25) is 10.0 Å². The maximum atomic E-state index is 12.0. The first-order valence-corrected chi connectivity index (χ1v) is 7.67. The summed E-state index contributed by atoms with van der Waals surface area (Å²) in [5, 5.41) is 0. The maximum absolute atomic E-state index is 12.0. The molecule has 3 N–H and O–H groups in total. The molecule has 0 aliphatic carbocycles. The van der Waals surface area contributed by atoms with Crippen molar-refractivity contribution in [1.82, 2.24) is 4.72 Å². The average molecular weight is 270 g/mol. The van der Waals surface area contributed by atoms with Crippen LogP contribution < -0.4 is 10.5 Å². The lowest BCUT2D eigenvalue weighted by Crippen LogP contribution is -2.25. The third-order valence-corrected chi connectivity index (χ3v) is 4.27. The van der Waals surface area contributed by atoms with Crippen LogP contribution in [0.15, 0.2) is 23.1 Å². The summed E-state index contributed by atoms with van der Waals surface area (Å²) in [5.41, 5.74) is 7.10. The Morgan fingerprint density at radius 1 is 1.33 bits per heavy atom. The minimum absolute atomic E-state index is 0.232. The van der Waals surface area contributed by atoms with Crippen molar-refractivity contribution in [3.8, 4) is 0 Å². The minimum atomic E-state index is -3.43. The van der Waals surface area contributed by atoms with Crippen molar-refractivity contribution in [3.63, 3.8) is 0 Å². The highest BCUT2D eigenvalue weighted by Gasteiger charge is 2.13. The summed E-state index contributed by atoms with van der Waals surface area (Å²) in [7, 11) is -3.43. The second kappa shape index (κ2) is 6.20. The SMILES string of the molecule is Cc1ccc(S(=O)(=O)NCCCC(C)C)cc1N. The summed E-state index contributed by atoms with van der Waals surface area (Å²) in [6.07, 6.45) is 1.86. The molecule has 18 heavy (non-hydrogen) atoms. The maximum Gasteiger partial charge on any atom is 0.240 e. The van der Waals surface area contributed by atoms with E-state index in [1.54, 1.807) is 12.1 Å². The largest absolute Gasteiger partial charge is 0.398 e. The normalized spacial score (nSPS) is 12.0. The predicted octanol–water partition coefficient (Wildman–Crippen LogP) is 2.29. The van der Waals surface area contributed by atoms with E-state index in [1.807, 2.05) is 6.92 Å². The lowest BCUT2D eigenvalue weighted by atomic mass is 10.1. The molecule has 0 heterocycles. The number of aryl methyl sites for hydroxylation is 1. The number of rotatable bonds is 6. The van der Waals surface area contributed by atoms with Gasteiger partial charge in [-0.3, -0.25) is 0 Å². The van der Waals surface area contributed by atoms with Gasteiger partial charge in [0, 0.05) is 12.2 Å². The Morgan fingerprint density at radius 2 is 2.00 bits per heavy atom. The van der Waals surface area contributed by atoms with Crippen LogP contribution in [0.3, 0.4) is 0 Å². The van der Waals surface area contributed by atoms with Crippen molar-refractivity contribution >= 4 is 15.7 Å². The zero-order valence-corrected chi connectivity index (χ0v) is 12.0. The summed E-state index contributed by atoms with van der Waals surface area (Å²) < 4.78 is 26.5. The van der Waals surface area contributed by atoms with E-state index in [0.29, 0.717) is 18.2 Å². The van der Waals surface area contributed by atoms with Crippen molar-refractivity contribution in [1.29, 1.82) is 0 Å². The van der Waals surface area contributed by atoms with Gasteiger partial charge in [0.15, 0.2) is 0 Å². The van der Waals surface area contributed by atoms with Gasteiger partial charge < -0.3 is 5.73 Å². The van der Waals surface area contributed by atoms with Gasteiger partial charge in [-0.1, -0.05) is 19.9 Å². The standard InChI is InChI=1S/C13H22N2O2S/c1-10(2)5-4-8-15-18(16,17)12-7-6-11(3)13(14)9-12/h6-7,9-10,15H,4-5,8,14H2,1-3H3. The van der Waals surface area contributed by atoms with Crippen LogP contribution in [0.5, 0.6) is 0 Å². The molecule has 0 radical (unpaired) electrons. The predicted molar refractivity (Wildman–Crippen MR) is 74.9 cm³/mol. The van der Waals surface area contributed by atoms with E-state index in [-0.39, 0.29) is 4.90 Å². The molecule has 102 valence electrons. The fourth-order valence-corrected chi connectivity index (χ4v) is 2.69. The van der Waals surface area contributed by atoms with E-state index in [4.69, 9.17) is 5.73 Å². The Morgan fingerprint density at radius 3 is 2.56 bits per heavy atom. The highest BCUT2D eigenvalue weighted by molar-refractivity contribution is 7.89. The van der Waals surface area contributed by atoms with Crippen LogP contribution in [0.1, 0.15) is 32.3 Å². The third kappa shape index (κ3) is 4.31. The number of nitrogens with one attached hydrogen (secondary N) is 1. The summed E-state index contributed by atoms with van der Waals surface area (Å²) in [6.45, 7) is 6.56. The monoisotopic (exact) mass is 270 g/mol. The molecule has 0 spiro atoms. The van der Waals surface area contributed by atoms with Gasteiger partial charge >= 0.3 is 0 Å². The lowest BCUT2D eigenvalue weighted by Gasteiger charge is -2.09. The van der Waals surface area contributed by atoms with E-state index in [1.165, 1.54) is 6.07 Å². The highest BCUT2D eigenvalue weighted by Crippen LogP contribution is 2.17. The molecule has 0 amide bonds. The summed E-state index contributed by atoms with van der Waals surface area (Å²) >= 11 is 0. The van der Waals surface area contributed by atoms with Gasteiger partial charge in [-0.2, -0.15) is 0 Å². The zero-order chi connectivity index (χ0) is 13.8. The number of hydrogen-bond acceptors (Lipinski definition) is 3. The summed E-state index contributed by atoms with van der Waals surface area (Å²) in [6, 6.07) is 4.80. The van der Waals surface area contributed by atoms with Gasteiger partial charge in [0.05, 0.1) is 4.90 Å². The molecular weight excluding hydrogens is 248 g/mol. The van der Waals surface area contributed by atoms with Crippen molar-refractivity contribution < 1.29 is 8.42 Å². The minimum Gasteiger partial charge on any atom is -0.398 e. The molecule has 0 unspecified atom stereocenters. The Labute approximate surface area is 110 Å². The van der Waals surface area contributed by atoms with Crippen LogP contribution in [0.25, 0.3) is 0 Å². The molecule has 0 saturated heterocycles. The molecule has 0 fully saturated rings. The Balaban J connectivity index is 2.66. The van der Waals surface area contributed by atoms with Crippen LogP contribution in [0.4, 0.5) is 5.69 Å². The quantitative estimate of drug-likeness (QED) is 0.615. The molecule has 1 aromatic rings. The van der Waals surface area contributed by atoms with Crippen LogP contribution in [0.2, 0.25) is 0 Å². The van der Waals surface area contributed by atoms with Crippen LogP contribution in [-0.4, -0.2) is 15.0 Å². The zero-order valence-electron chi connectivity index (χ0n) is 11.2. The number of nitrogens with two attached hydrogens (primary N) is 1. The Hall–Kier alpha value is -1.07. The number of benzene rings is 1. The molecule has 0 saturated carbocycles. The van der Waals surface area contributed by atoms with Gasteiger partial charge in [-0.25, -0.2) is 13.1 Å². The number of sulfonamides is 1. The van der Waals surface area contributed by atoms with Crippen molar-refractivity contribution in [2.24, 2.45) is 5.92 Å². The lowest BCUT2D eigenvalue weighted by molar-refractivity contribution is 0.540. The Bertz CT molecular complexity index is 496. The molecule has 0 aromatic heterocycles. The van der Waals surface area contributed by atoms with Gasteiger partial charge in [-0.15, -0.1) is 0 Å². The average Bonchev–Trinajstić information content (AvgIpc) is 2.28. The highest BCUT2D eigenvalue weighted by atomic mass is 32.2. The van der Waals surface area contributed by atoms with E-state index in [2.05, 4.69) is 18.6 Å². The molecule has 1 rings (SSSR count). The van der Waals surface area contributed by atoms with E-state index >= 15 is 0 Å². The van der Waals surface area contributed by atoms with Crippen molar-refractivity contribution in [2.75, 3.05) is 12.3 Å². The number of anilines is 1. The topological polar surface area (TPSA) is 72.2 Å². The first-order chi connectivity index (χ1) is 8.33. The third-order valence-electron chi connectivity index (χ3n) is 2.81. The van der Waals surface area contributed by atoms with E-state index < -0.39 is 10.0 Å². The van der Waals surface area contributed by atoms with Crippen LogP contribution in [-0.2, 0) is 10.0 Å². The second-order valence-electron chi connectivity index (χ2n) is 4.95. The van der Waals surface area contributed by atoms with Crippen molar-refractivity contribution in [3.05, 3.63) is 23.8 Å². The molecule has 0 atom stereocenters. The first-order valence-electron chi connectivity index (χ1n) is 6.18. The number of hydrogen-bond donors (Lipinski definition) is 2. The molecule has 5 heteroatoms. The number of nitrogen functional groups attached to an aromatic ring is 1. The van der Waals surface area contributed by atoms with Gasteiger partial charge in [0.1, 0.15) is 0 Å². The molecule has 0 aliphatic rings. The fraction of sp³-hybridized carbons (Fsp3) is 0.538. The Kier molecular flexibility index (Phi) is 5.16. The summed E-state index contributed by atoms with van der Waals surface area (Å²) in [4.78, 5) is 0.232. The molecular formula is C13H22N2O2S. The molecule has 1 aromatic carbocycles. The van der Waals surface area contributed by atoms with Gasteiger partial charge in [0.25, 0.3) is 0 Å². The van der Waals surface area contributed by atoms with Crippen LogP contribution >= 0.6 is 0 Å². The summed E-state index contributed by atoms with van der Waals surface area (Å²) in [5.74, 6) is 0.588. The van der Waals surface area contributed by atoms with Gasteiger partial charge in [-0.05, 0) is 43.4 Å². The van der Waals surface area contributed by atoms with Crippen molar-refractivity contribution in [2.45, 2.75) is 38.5 Å². The van der Waals surface area contributed by atoms with Crippen LogP contribution in [0, 0.1) is 12.8 Å². The molecule has 0 bridgehead atoms. The van der Waals surface area contributed by atoms with E-state index in [9.17, 15) is 8.42 Å². The fourth-order valence-electron chi connectivity index (χ4n) is 1.59. The molecule has 0 aliphatic heterocycles. The molecule has 4 nitrogen and oxygen atoms in total. The first kappa shape index (κ1) is 15.0. The smallest absolute Gasteiger partial charge is 0.240 e. The second-order valence-corrected chi connectivity index (χ2v) is 6.72.